The Morgan fingerprint density at radius 1 is 1.29 bits per heavy atom. The summed E-state index contributed by atoms with van der Waals surface area (Å²) in [5.74, 6) is 1.06. The summed E-state index contributed by atoms with van der Waals surface area (Å²) in [6.45, 7) is 7.47. The van der Waals surface area contributed by atoms with Crippen LogP contribution in [0.4, 0.5) is 10.1 Å². The van der Waals surface area contributed by atoms with E-state index in [9.17, 15) is 4.39 Å². The standard InChI is InChI=1S/C12H18FN/c1-9(2)10(3)8-14-12-6-4-5-11(13)7-12/h4-7,9-10,14H,8H2,1-3H3. The lowest BCUT2D eigenvalue weighted by Crippen LogP contribution is -2.16. The van der Waals surface area contributed by atoms with Gasteiger partial charge in [-0.2, -0.15) is 0 Å². The normalized spacial score (nSPS) is 12.9. The summed E-state index contributed by atoms with van der Waals surface area (Å²) < 4.78 is 12.8. The molecule has 0 aromatic heterocycles. The maximum absolute atomic E-state index is 12.8. The number of anilines is 1. The summed E-state index contributed by atoms with van der Waals surface area (Å²) in [4.78, 5) is 0. The van der Waals surface area contributed by atoms with Crippen LogP contribution in [0.15, 0.2) is 24.3 Å². The first-order valence-corrected chi connectivity index (χ1v) is 5.09. The molecule has 1 atom stereocenters. The van der Waals surface area contributed by atoms with Crippen molar-refractivity contribution in [2.45, 2.75) is 20.8 Å². The number of hydrogen-bond donors (Lipinski definition) is 1. The molecule has 1 rings (SSSR count). The zero-order valence-electron chi connectivity index (χ0n) is 9.05. The van der Waals surface area contributed by atoms with Crippen LogP contribution in [0.2, 0.25) is 0 Å². The zero-order valence-corrected chi connectivity index (χ0v) is 9.05. The third-order valence-electron chi connectivity index (χ3n) is 2.59. The molecule has 0 saturated carbocycles. The summed E-state index contributed by atoms with van der Waals surface area (Å²) in [5, 5.41) is 3.23. The number of benzene rings is 1. The molecule has 0 aliphatic rings. The second-order valence-electron chi connectivity index (χ2n) is 4.11. The van der Waals surface area contributed by atoms with E-state index >= 15 is 0 Å². The molecule has 0 bridgehead atoms. The van der Waals surface area contributed by atoms with Gasteiger partial charge in [0.2, 0.25) is 0 Å². The number of hydrogen-bond acceptors (Lipinski definition) is 1. The fourth-order valence-corrected chi connectivity index (χ4v) is 1.11. The van der Waals surface area contributed by atoms with Crippen molar-refractivity contribution in [3.05, 3.63) is 30.1 Å². The third-order valence-corrected chi connectivity index (χ3v) is 2.59. The Labute approximate surface area is 85.3 Å². The fourth-order valence-electron chi connectivity index (χ4n) is 1.11. The van der Waals surface area contributed by atoms with E-state index in [0.29, 0.717) is 11.8 Å². The van der Waals surface area contributed by atoms with E-state index in [2.05, 4.69) is 26.1 Å². The van der Waals surface area contributed by atoms with Crippen molar-refractivity contribution in [1.82, 2.24) is 0 Å². The Kier molecular flexibility index (Phi) is 3.93. The minimum atomic E-state index is -0.188. The van der Waals surface area contributed by atoms with Crippen molar-refractivity contribution in [3.63, 3.8) is 0 Å². The number of rotatable bonds is 4. The van der Waals surface area contributed by atoms with Gasteiger partial charge in [0.25, 0.3) is 0 Å². The molecule has 2 heteroatoms. The summed E-state index contributed by atoms with van der Waals surface area (Å²) >= 11 is 0. The summed E-state index contributed by atoms with van der Waals surface area (Å²) in [6, 6.07) is 6.58. The van der Waals surface area contributed by atoms with Gasteiger partial charge in [0.1, 0.15) is 5.82 Å². The van der Waals surface area contributed by atoms with Crippen molar-refractivity contribution < 1.29 is 4.39 Å². The molecule has 0 spiro atoms. The summed E-state index contributed by atoms with van der Waals surface area (Å²) in [5.41, 5.74) is 0.859. The van der Waals surface area contributed by atoms with Gasteiger partial charge in [-0.25, -0.2) is 4.39 Å². The predicted molar refractivity (Wildman–Crippen MR) is 58.9 cm³/mol. The van der Waals surface area contributed by atoms with Crippen molar-refractivity contribution in [2.24, 2.45) is 11.8 Å². The molecule has 0 heterocycles. The number of nitrogens with one attached hydrogen (secondary N) is 1. The Bertz CT molecular complexity index is 283. The maximum atomic E-state index is 12.8. The monoisotopic (exact) mass is 195 g/mol. The van der Waals surface area contributed by atoms with Gasteiger partial charge in [-0.1, -0.05) is 26.8 Å². The molecule has 0 aliphatic heterocycles. The molecule has 0 fully saturated rings. The highest BCUT2D eigenvalue weighted by Gasteiger charge is 2.06. The first-order valence-electron chi connectivity index (χ1n) is 5.09. The average molecular weight is 195 g/mol. The van der Waals surface area contributed by atoms with Gasteiger partial charge in [0, 0.05) is 12.2 Å². The van der Waals surface area contributed by atoms with Gasteiger partial charge < -0.3 is 5.32 Å². The fraction of sp³-hybridized carbons (Fsp3) is 0.500. The first-order chi connectivity index (χ1) is 6.59. The molecule has 1 aromatic carbocycles. The molecule has 0 radical (unpaired) electrons. The molecule has 1 unspecified atom stereocenters. The van der Waals surface area contributed by atoms with Crippen LogP contribution < -0.4 is 5.32 Å². The highest BCUT2D eigenvalue weighted by Crippen LogP contribution is 2.13. The number of halogens is 1. The Hall–Kier alpha value is -1.05. The van der Waals surface area contributed by atoms with Gasteiger partial charge in [-0.3, -0.25) is 0 Å². The molecule has 78 valence electrons. The van der Waals surface area contributed by atoms with Crippen molar-refractivity contribution >= 4 is 5.69 Å². The molecule has 1 N–H and O–H groups in total. The van der Waals surface area contributed by atoms with Crippen molar-refractivity contribution in [3.8, 4) is 0 Å². The van der Waals surface area contributed by atoms with Crippen LogP contribution in [0.25, 0.3) is 0 Å². The van der Waals surface area contributed by atoms with E-state index in [1.54, 1.807) is 6.07 Å². The van der Waals surface area contributed by atoms with E-state index < -0.39 is 0 Å². The minimum absolute atomic E-state index is 0.188. The molecule has 14 heavy (non-hydrogen) atoms. The summed E-state index contributed by atoms with van der Waals surface area (Å²) in [6.07, 6.45) is 0. The lowest BCUT2D eigenvalue weighted by molar-refractivity contribution is 0.439. The molecule has 0 amide bonds. The lowest BCUT2D eigenvalue weighted by Gasteiger charge is -2.16. The van der Waals surface area contributed by atoms with Crippen molar-refractivity contribution in [2.75, 3.05) is 11.9 Å². The van der Waals surface area contributed by atoms with Crippen LogP contribution in [-0.2, 0) is 0 Å². The van der Waals surface area contributed by atoms with Crippen molar-refractivity contribution in [1.29, 1.82) is 0 Å². The van der Waals surface area contributed by atoms with Gasteiger partial charge in [-0.05, 0) is 30.0 Å². The van der Waals surface area contributed by atoms with Crippen LogP contribution in [0.1, 0.15) is 20.8 Å². The van der Waals surface area contributed by atoms with Crippen LogP contribution >= 0.6 is 0 Å². The third kappa shape index (κ3) is 3.36. The molecular formula is C12H18FN. The topological polar surface area (TPSA) is 12.0 Å². The zero-order chi connectivity index (χ0) is 10.6. The Balaban J connectivity index is 2.45. The second-order valence-corrected chi connectivity index (χ2v) is 4.11. The van der Waals surface area contributed by atoms with E-state index in [1.807, 2.05) is 6.07 Å². The van der Waals surface area contributed by atoms with E-state index in [4.69, 9.17) is 0 Å². The first kappa shape index (κ1) is 11.0. The quantitative estimate of drug-likeness (QED) is 0.775. The Morgan fingerprint density at radius 2 is 2.00 bits per heavy atom. The SMILES string of the molecule is CC(C)C(C)CNc1cccc(F)c1. The van der Waals surface area contributed by atoms with E-state index in [0.717, 1.165) is 12.2 Å². The van der Waals surface area contributed by atoms with Crippen LogP contribution in [-0.4, -0.2) is 6.54 Å². The predicted octanol–water partition coefficient (Wildman–Crippen LogP) is 3.53. The Morgan fingerprint density at radius 3 is 2.57 bits per heavy atom. The molecule has 1 aromatic rings. The highest BCUT2D eigenvalue weighted by atomic mass is 19.1. The van der Waals surface area contributed by atoms with E-state index in [1.165, 1.54) is 12.1 Å². The van der Waals surface area contributed by atoms with Gasteiger partial charge >= 0.3 is 0 Å². The average Bonchev–Trinajstić information content (AvgIpc) is 2.14. The summed E-state index contributed by atoms with van der Waals surface area (Å²) in [7, 11) is 0. The molecule has 0 saturated heterocycles. The largest absolute Gasteiger partial charge is 0.385 e. The van der Waals surface area contributed by atoms with Gasteiger partial charge in [0.05, 0.1) is 0 Å². The van der Waals surface area contributed by atoms with E-state index in [-0.39, 0.29) is 5.82 Å². The molecular weight excluding hydrogens is 177 g/mol. The minimum Gasteiger partial charge on any atom is -0.385 e. The van der Waals surface area contributed by atoms with Gasteiger partial charge in [0.15, 0.2) is 0 Å². The van der Waals surface area contributed by atoms with Crippen LogP contribution in [0, 0.1) is 17.7 Å². The molecule has 1 nitrogen and oxygen atoms in total. The lowest BCUT2D eigenvalue weighted by atomic mass is 9.98. The molecule has 0 aliphatic carbocycles. The maximum Gasteiger partial charge on any atom is 0.125 e. The smallest absolute Gasteiger partial charge is 0.125 e. The van der Waals surface area contributed by atoms with Gasteiger partial charge in [-0.15, -0.1) is 0 Å². The highest BCUT2D eigenvalue weighted by molar-refractivity contribution is 5.42. The van der Waals surface area contributed by atoms with Crippen LogP contribution in [0.5, 0.6) is 0 Å². The second kappa shape index (κ2) is 4.99. The van der Waals surface area contributed by atoms with Crippen LogP contribution in [0.3, 0.4) is 0 Å².